The molecule has 258 valence electrons. The Balaban J connectivity index is 0.000000265. The van der Waals surface area contributed by atoms with Gasteiger partial charge in [-0.25, -0.2) is 11.1 Å². The number of fused-ring (bicyclic) bond motifs is 3. The first-order valence-electron chi connectivity index (χ1n) is 17.0. The van der Waals surface area contributed by atoms with Crippen molar-refractivity contribution in [2.24, 2.45) is 5.41 Å². The average molecular weight is 769 g/mol. The first kappa shape index (κ1) is 42.7. The van der Waals surface area contributed by atoms with Crippen LogP contribution >= 0.6 is 0 Å². The molecule has 0 atom stereocenters. The second kappa shape index (κ2) is 17.2. The van der Waals surface area contributed by atoms with E-state index in [1.54, 1.807) is 0 Å². The van der Waals surface area contributed by atoms with Gasteiger partial charge in [0, 0.05) is 0 Å². The summed E-state index contributed by atoms with van der Waals surface area (Å²) in [6, 6.07) is 33.7. The van der Waals surface area contributed by atoms with Gasteiger partial charge in [-0.1, -0.05) is 97.7 Å². The van der Waals surface area contributed by atoms with Crippen molar-refractivity contribution in [1.82, 2.24) is 0 Å². The number of rotatable bonds is 2. The molecule has 5 aromatic carbocycles. The fourth-order valence-corrected chi connectivity index (χ4v) is 6.79. The maximum atomic E-state index is 3.37. The summed E-state index contributed by atoms with van der Waals surface area (Å²) in [6.07, 6.45) is 6.62. The maximum Gasteiger partial charge on any atom is -1.00 e. The molecule has 0 fully saturated rings. The van der Waals surface area contributed by atoms with Crippen molar-refractivity contribution in [3.8, 4) is 0 Å². The number of halogens is 2. The molecule has 0 saturated carbocycles. The SMILES string of the molecule is CC(C)(C)c1ccc2c(c1)[cH-]c1cc(C(C)(C)C)ccc12.CC1=CC[C-]=C1C(C)(C)C.Cc1ccc([C](=[Zr+2])c2ccc(C)cc2)cc1.[Cl-].[Cl-]. The summed E-state index contributed by atoms with van der Waals surface area (Å²) in [4.78, 5) is 0. The van der Waals surface area contributed by atoms with Gasteiger partial charge in [0.05, 0.1) is 0 Å². The van der Waals surface area contributed by atoms with E-state index in [0.29, 0.717) is 0 Å². The van der Waals surface area contributed by atoms with Gasteiger partial charge < -0.3 is 24.8 Å². The van der Waals surface area contributed by atoms with Crippen LogP contribution in [0.5, 0.6) is 0 Å². The maximum absolute atomic E-state index is 3.37. The van der Waals surface area contributed by atoms with Gasteiger partial charge in [0.2, 0.25) is 0 Å². The molecule has 3 heteroatoms. The molecule has 0 saturated heterocycles. The number of hydrogen-bond acceptors (Lipinski definition) is 0. The van der Waals surface area contributed by atoms with Crippen molar-refractivity contribution in [2.75, 3.05) is 0 Å². The van der Waals surface area contributed by atoms with Crippen molar-refractivity contribution in [3.05, 3.63) is 148 Å². The molecule has 0 heterocycles. The molecule has 0 aromatic heterocycles. The van der Waals surface area contributed by atoms with E-state index in [-0.39, 0.29) is 41.1 Å². The molecule has 49 heavy (non-hydrogen) atoms. The van der Waals surface area contributed by atoms with Crippen LogP contribution in [-0.4, -0.2) is 3.21 Å². The molecular weight excluding hydrogens is 715 g/mol. The van der Waals surface area contributed by atoms with E-state index in [4.69, 9.17) is 0 Å². The summed E-state index contributed by atoms with van der Waals surface area (Å²) >= 11 is 1.46. The molecule has 6 rings (SSSR count). The molecule has 0 unspecified atom stereocenters. The van der Waals surface area contributed by atoms with Gasteiger partial charge in [-0.05, 0) is 16.2 Å². The van der Waals surface area contributed by atoms with Crippen LogP contribution in [0.1, 0.15) is 109 Å². The molecule has 0 amide bonds. The summed E-state index contributed by atoms with van der Waals surface area (Å²) in [5, 5.41) is 5.48. The standard InChI is InChI=1S/C21H25.C15H14.C10H15.2ClH.Zr/c1-20(2,3)16-7-9-18-14(12-16)11-15-13-17(21(4,5)6)8-10-19(15)18;1-12-3-7-14(8-4-12)11-15-9-5-13(2)6-10-15;1-8-6-5-7-9(8)10(2,3)4;;;/h7-13H,1-6H3;3-10H,1-2H3;6H,5H2,1-4H3;2*1H;/q-1;;-1;;;+2/p-2. The molecule has 0 spiro atoms. The molecule has 0 aliphatic heterocycles. The van der Waals surface area contributed by atoms with E-state index in [1.165, 1.54) is 93.5 Å². The Morgan fingerprint density at radius 2 is 0.959 bits per heavy atom. The van der Waals surface area contributed by atoms with E-state index in [9.17, 15) is 0 Å². The monoisotopic (exact) mass is 766 g/mol. The Labute approximate surface area is 325 Å². The Morgan fingerprint density at radius 3 is 1.24 bits per heavy atom. The predicted octanol–water partition coefficient (Wildman–Crippen LogP) is 6.85. The van der Waals surface area contributed by atoms with Gasteiger partial charge in [-0.2, -0.15) is 6.08 Å². The van der Waals surface area contributed by atoms with Gasteiger partial charge >= 0.3 is 112 Å². The number of benzene rings is 4. The molecule has 1 aliphatic rings. The number of hydrogen-bond donors (Lipinski definition) is 0. The van der Waals surface area contributed by atoms with E-state index in [2.05, 4.69) is 186 Å². The second-order valence-electron chi connectivity index (χ2n) is 16.2. The zero-order valence-corrected chi connectivity index (χ0v) is 35.7. The summed E-state index contributed by atoms with van der Waals surface area (Å²) < 4.78 is 1.42. The van der Waals surface area contributed by atoms with Crippen molar-refractivity contribution in [2.45, 2.75) is 100 Å². The molecular formula is C46H54Cl2Zr-2. The zero-order valence-electron chi connectivity index (χ0n) is 31.7. The first-order chi connectivity index (χ1) is 21.8. The molecule has 0 radical (unpaired) electrons. The predicted molar refractivity (Wildman–Crippen MR) is 205 cm³/mol. The van der Waals surface area contributed by atoms with Crippen molar-refractivity contribution in [3.63, 3.8) is 0 Å². The number of aryl methyl sites for hydroxylation is 2. The zero-order chi connectivity index (χ0) is 34.7. The van der Waals surface area contributed by atoms with E-state index < -0.39 is 0 Å². The minimum absolute atomic E-state index is 0. The van der Waals surface area contributed by atoms with E-state index in [0.717, 1.165) is 6.42 Å². The smallest absolute Gasteiger partial charge is 1.00 e. The van der Waals surface area contributed by atoms with Crippen LogP contribution in [0, 0.1) is 25.3 Å². The fraction of sp³-hybridized carbons (Fsp3) is 0.348. The van der Waals surface area contributed by atoms with Crippen molar-refractivity contribution >= 4 is 24.8 Å². The third-order valence-electron chi connectivity index (χ3n) is 8.95. The van der Waals surface area contributed by atoms with Crippen LogP contribution in [0.4, 0.5) is 0 Å². The molecule has 0 nitrogen and oxygen atoms in total. The van der Waals surface area contributed by atoms with Gasteiger partial charge in [0.25, 0.3) is 0 Å². The van der Waals surface area contributed by atoms with Crippen LogP contribution in [0.3, 0.4) is 0 Å². The quantitative estimate of drug-likeness (QED) is 0.173. The van der Waals surface area contributed by atoms with Gasteiger partial charge in [-0.3, -0.25) is 6.08 Å². The third kappa shape index (κ3) is 11.3. The Morgan fingerprint density at radius 1 is 0.571 bits per heavy atom. The summed E-state index contributed by atoms with van der Waals surface area (Å²) in [5.74, 6) is 0. The molecule has 0 bridgehead atoms. The third-order valence-corrected chi connectivity index (χ3v) is 10.4. The Hall–Kier alpha value is -2.44. The van der Waals surface area contributed by atoms with E-state index in [1.807, 2.05) is 0 Å². The topological polar surface area (TPSA) is 0 Å². The van der Waals surface area contributed by atoms with Gasteiger partial charge in [0.1, 0.15) is 0 Å². The van der Waals surface area contributed by atoms with Crippen LogP contribution in [0.25, 0.3) is 21.5 Å². The first-order valence-corrected chi connectivity index (χ1v) is 18.2. The minimum atomic E-state index is 0. The minimum Gasteiger partial charge on any atom is -1.00 e. The van der Waals surface area contributed by atoms with Crippen LogP contribution < -0.4 is 24.8 Å². The van der Waals surface area contributed by atoms with Gasteiger partial charge in [0.15, 0.2) is 0 Å². The van der Waals surface area contributed by atoms with Crippen LogP contribution in [0.2, 0.25) is 0 Å². The summed E-state index contributed by atoms with van der Waals surface area (Å²) in [6.45, 7) is 26.8. The Kier molecular flexibility index (Phi) is 15.0. The molecule has 1 aliphatic carbocycles. The average Bonchev–Trinajstić information content (AvgIpc) is 3.60. The largest absolute Gasteiger partial charge is 1.00 e. The van der Waals surface area contributed by atoms with Gasteiger partial charge in [-0.15, -0.1) is 53.1 Å². The fourth-order valence-electron chi connectivity index (χ4n) is 5.97. The van der Waals surface area contributed by atoms with Crippen LogP contribution in [-0.2, 0) is 35.1 Å². The normalized spacial score (nSPS) is 12.9. The Bertz CT molecular complexity index is 1800. The van der Waals surface area contributed by atoms with Crippen LogP contribution in [0.15, 0.2) is 108 Å². The summed E-state index contributed by atoms with van der Waals surface area (Å²) in [7, 11) is 0. The van der Waals surface area contributed by atoms with E-state index >= 15 is 0 Å². The molecule has 5 aromatic rings. The van der Waals surface area contributed by atoms with Crippen molar-refractivity contribution < 1.29 is 49.0 Å². The molecule has 0 N–H and O–H groups in total. The van der Waals surface area contributed by atoms with Crippen molar-refractivity contribution in [1.29, 1.82) is 0 Å². The second-order valence-corrected chi connectivity index (χ2v) is 17.5. The summed E-state index contributed by atoms with van der Waals surface area (Å²) in [5.41, 5.74) is 11.6. The number of allylic oxidation sites excluding steroid dienone is 4.